The first kappa shape index (κ1) is 23.9. The molecular weight excluding hydrogens is 314 g/mol. The monoisotopic (exact) mass is 355 g/mol. The molecule has 0 aliphatic heterocycles. The Morgan fingerprint density at radius 2 is 1.16 bits per heavy atom. The van der Waals surface area contributed by atoms with E-state index in [1.54, 1.807) is 0 Å². The van der Waals surface area contributed by atoms with Gasteiger partial charge in [0.15, 0.2) is 0 Å². The van der Waals surface area contributed by atoms with Crippen LogP contribution < -0.4 is 5.32 Å². The summed E-state index contributed by atoms with van der Waals surface area (Å²) >= 11 is 0. The quantitative estimate of drug-likeness (QED) is 0.329. The van der Waals surface area contributed by atoms with Gasteiger partial charge in [-0.15, -0.1) is 0 Å². The first-order valence-corrected chi connectivity index (χ1v) is 10.5. The molecule has 1 amide bonds. The van der Waals surface area contributed by atoms with Crippen molar-refractivity contribution in [3.63, 3.8) is 0 Å². The van der Waals surface area contributed by atoms with Crippen LogP contribution in [-0.2, 0) is 9.59 Å². The van der Waals surface area contributed by atoms with Crippen LogP contribution in [0.4, 0.5) is 0 Å². The second-order valence-electron chi connectivity index (χ2n) is 7.62. The molecule has 0 aliphatic rings. The fourth-order valence-corrected chi connectivity index (χ4v) is 3.06. The van der Waals surface area contributed by atoms with E-state index in [0.29, 0.717) is 6.42 Å². The Morgan fingerprint density at radius 3 is 1.52 bits per heavy atom. The second kappa shape index (κ2) is 16.4. The molecule has 4 heteroatoms. The highest BCUT2D eigenvalue weighted by atomic mass is 16.4. The molecule has 4 nitrogen and oxygen atoms in total. The van der Waals surface area contributed by atoms with Crippen molar-refractivity contribution in [1.29, 1.82) is 0 Å². The van der Waals surface area contributed by atoms with E-state index >= 15 is 0 Å². The summed E-state index contributed by atoms with van der Waals surface area (Å²) in [6.07, 6.45) is 17.0. The molecule has 0 aromatic rings. The van der Waals surface area contributed by atoms with E-state index in [1.165, 1.54) is 70.6 Å². The van der Waals surface area contributed by atoms with E-state index < -0.39 is 12.0 Å². The van der Waals surface area contributed by atoms with Gasteiger partial charge in [-0.25, -0.2) is 4.79 Å². The van der Waals surface area contributed by atoms with Crippen LogP contribution in [0.25, 0.3) is 0 Å². The maximum atomic E-state index is 11.8. The highest BCUT2D eigenvalue weighted by molar-refractivity contribution is 5.83. The number of carboxylic acids is 1. The SMILES string of the molecule is CCCCCCCCCCCCCCCC(=O)NC(C(=O)O)C(C)C. The Balaban J connectivity index is 3.40. The van der Waals surface area contributed by atoms with Crippen LogP contribution >= 0.6 is 0 Å². The largest absolute Gasteiger partial charge is 0.480 e. The Labute approximate surface area is 155 Å². The maximum absolute atomic E-state index is 11.8. The first-order valence-electron chi connectivity index (χ1n) is 10.5. The molecule has 0 fully saturated rings. The molecule has 0 aromatic carbocycles. The van der Waals surface area contributed by atoms with Gasteiger partial charge in [-0.2, -0.15) is 0 Å². The highest BCUT2D eigenvalue weighted by Gasteiger charge is 2.22. The van der Waals surface area contributed by atoms with Crippen LogP contribution in [0.5, 0.6) is 0 Å². The van der Waals surface area contributed by atoms with Crippen LogP contribution in [0.3, 0.4) is 0 Å². The predicted molar refractivity (Wildman–Crippen MR) is 105 cm³/mol. The average molecular weight is 356 g/mol. The molecule has 0 saturated heterocycles. The maximum Gasteiger partial charge on any atom is 0.326 e. The number of carbonyl (C=O) groups is 2. The number of aliphatic carboxylic acids is 1. The van der Waals surface area contributed by atoms with E-state index in [9.17, 15) is 9.59 Å². The minimum Gasteiger partial charge on any atom is -0.480 e. The molecule has 0 radical (unpaired) electrons. The Hall–Kier alpha value is -1.06. The predicted octanol–water partition coefficient (Wildman–Crippen LogP) is 5.69. The Bertz CT molecular complexity index is 342. The molecule has 0 rings (SSSR count). The zero-order valence-electron chi connectivity index (χ0n) is 16.8. The van der Waals surface area contributed by atoms with Gasteiger partial charge < -0.3 is 10.4 Å². The first-order chi connectivity index (χ1) is 12.0. The van der Waals surface area contributed by atoms with Crippen LogP contribution in [-0.4, -0.2) is 23.0 Å². The van der Waals surface area contributed by atoms with Crippen molar-refractivity contribution in [3.05, 3.63) is 0 Å². The molecule has 148 valence electrons. The summed E-state index contributed by atoms with van der Waals surface area (Å²) in [6, 6.07) is -0.769. The average Bonchev–Trinajstić information content (AvgIpc) is 2.56. The summed E-state index contributed by atoms with van der Waals surface area (Å²) in [6.45, 7) is 5.87. The van der Waals surface area contributed by atoms with Crippen LogP contribution in [0.1, 0.15) is 111 Å². The smallest absolute Gasteiger partial charge is 0.326 e. The zero-order chi connectivity index (χ0) is 18.9. The molecule has 2 N–H and O–H groups in total. The molecule has 0 bridgehead atoms. The number of unbranched alkanes of at least 4 members (excludes halogenated alkanes) is 12. The van der Waals surface area contributed by atoms with Gasteiger partial charge in [0.1, 0.15) is 6.04 Å². The van der Waals surface area contributed by atoms with Gasteiger partial charge in [0.25, 0.3) is 0 Å². The molecule has 0 aromatic heterocycles. The normalized spacial score (nSPS) is 12.3. The molecule has 1 unspecified atom stereocenters. The fraction of sp³-hybridized carbons (Fsp3) is 0.905. The van der Waals surface area contributed by atoms with E-state index in [0.717, 1.165) is 12.8 Å². The molecule has 0 aliphatic carbocycles. The van der Waals surface area contributed by atoms with Crippen molar-refractivity contribution in [2.45, 2.75) is 117 Å². The van der Waals surface area contributed by atoms with Crippen molar-refractivity contribution >= 4 is 11.9 Å². The lowest BCUT2D eigenvalue weighted by atomic mass is 10.0. The summed E-state index contributed by atoms with van der Waals surface area (Å²) in [4.78, 5) is 22.8. The lowest BCUT2D eigenvalue weighted by Crippen LogP contribution is -2.44. The third-order valence-corrected chi connectivity index (χ3v) is 4.76. The summed E-state index contributed by atoms with van der Waals surface area (Å²) in [5.74, 6) is -1.18. The van der Waals surface area contributed by atoms with Gasteiger partial charge in [-0.05, 0) is 12.3 Å². The minimum atomic E-state index is -0.950. The van der Waals surface area contributed by atoms with E-state index in [1.807, 2.05) is 13.8 Å². The van der Waals surface area contributed by atoms with Crippen molar-refractivity contribution < 1.29 is 14.7 Å². The molecule has 25 heavy (non-hydrogen) atoms. The van der Waals surface area contributed by atoms with Gasteiger partial charge >= 0.3 is 5.97 Å². The molecule has 0 spiro atoms. The number of rotatable bonds is 17. The molecule has 0 saturated carbocycles. The summed E-state index contributed by atoms with van der Waals surface area (Å²) in [7, 11) is 0. The Kier molecular flexibility index (Phi) is 15.7. The third kappa shape index (κ3) is 14.9. The number of amides is 1. The summed E-state index contributed by atoms with van der Waals surface area (Å²) in [5, 5.41) is 11.7. The fourth-order valence-electron chi connectivity index (χ4n) is 3.06. The lowest BCUT2D eigenvalue weighted by Gasteiger charge is -2.17. The molecular formula is C21H41NO3. The van der Waals surface area contributed by atoms with Gasteiger partial charge in [-0.3, -0.25) is 4.79 Å². The van der Waals surface area contributed by atoms with E-state index in [2.05, 4.69) is 12.2 Å². The van der Waals surface area contributed by atoms with Crippen LogP contribution in [0, 0.1) is 5.92 Å². The van der Waals surface area contributed by atoms with Gasteiger partial charge in [-0.1, -0.05) is 97.8 Å². The van der Waals surface area contributed by atoms with Crippen molar-refractivity contribution in [3.8, 4) is 0 Å². The second-order valence-corrected chi connectivity index (χ2v) is 7.62. The lowest BCUT2D eigenvalue weighted by molar-refractivity contribution is -0.143. The standard InChI is InChI=1S/C21H41NO3/c1-4-5-6-7-8-9-10-11-12-13-14-15-16-17-19(23)22-20(18(2)3)21(24)25/h18,20H,4-17H2,1-3H3,(H,22,23)(H,24,25). The third-order valence-electron chi connectivity index (χ3n) is 4.76. The Morgan fingerprint density at radius 1 is 0.760 bits per heavy atom. The zero-order valence-corrected chi connectivity index (χ0v) is 16.8. The number of hydrogen-bond acceptors (Lipinski definition) is 2. The summed E-state index contributed by atoms with van der Waals surface area (Å²) in [5.41, 5.74) is 0. The van der Waals surface area contributed by atoms with Crippen molar-refractivity contribution in [2.24, 2.45) is 5.92 Å². The topological polar surface area (TPSA) is 66.4 Å². The number of carbonyl (C=O) groups excluding carboxylic acids is 1. The van der Waals surface area contributed by atoms with Gasteiger partial charge in [0.2, 0.25) is 5.91 Å². The number of hydrogen-bond donors (Lipinski definition) is 2. The van der Waals surface area contributed by atoms with Crippen LogP contribution in [0.2, 0.25) is 0 Å². The van der Waals surface area contributed by atoms with Crippen molar-refractivity contribution in [1.82, 2.24) is 5.32 Å². The summed E-state index contributed by atoms with van der Waals surface area (Å²) < 4.78 is 0. The molecule has 1 atom stereocenters. The number of nitrogens with one attached hydrogen (secondary N) is 1. The van der Waals surface area contributed by atoms with Crippen molar-refractivity contribution in [2.75, 3.05) is 0 Å². The van der Waals surface area contributed by atoms with Crippen LogP contribution in [0.15, 0.2) is 0 Å². The number of carboxylic acid groups (broad SMARTS) is 1. The van der Waals surface area contributed by atoms with E-state index in [4.69, 9.17) is 5.11 Å². The minimum absolute atomic E-state index is 0.0897. The highest BCUT2D eigenvalue weighted by Crippen LogP contribution is 2.13. The van der Waals surface area contributed by atoms with Gasteiger partial charge in [0, 0.05) is 6.42 Å². The van der Waals surface area contributed by atoms with Gasteiger partial charge in [0.05, 0.1) is 0 Å². The van der Waals surface area contributed by atoms with E-state index in [-0.39, 0.29) is 11.8 Å². The molecule has 0 heterocycles.